The Balaban J connectivity index is 1.66. The molecule has 0 aromatic rings. The number of likely N-dealkylation sites (tertiary alicyclic amines) is 1. The highest BCUT2D eigenvalue weighted by Crippen LogP contribution is 2.31. The van der Waals surface area contributed by atoms with Gasteiger partial charge in [-0.2, -0.15) is 0 Å². The first kappa shape index (κ1) is 12.9. The molecule has 1 unspecified atom stereocenters. The molecular weight excluding hydrogens is 212 g/mol. The quantitative estimate of drug-likeness (QED) is 0.815. The van der Waals surface area contributed by atoms with E-state index in [1.165, 1.54) is 19.3 Å². The van der Waals surface area contributed by atoms with Crippen molar-refractivity contribution in [1.29, 1.82) is 0 Å². The van der Waals surface area contributed by atoms with Crippen LogP contribution in [-0.4, -0.2) is 29.9 Å². The normalized spacial score (nSPS) is 24.5. The Labute approximate surface area is 105 Å². The fourth-order valence-corrected chi connectivity index (χ4v) is 2.94. The number of nitrogens with zero attached hydrogens (tertiary/aromatic N) is 1. The highest BCUT2D eigenvalue weighted by atomic mass is 16.2. The molecule has 17 heavy (non-hydrogen) atoms. The monoisotopic (exact) mass is 238 g/mol. The summed E-state index contributed by atoms with van der Waals surface area (Å²) in [5.41, 5.74) is 5.91. The van der Waals surface area contributed by atoms with Gasteiger partial charge < -0.3 is 10.6 Å². The van der Waals surface area contributed by atoms with E-state index in [4.69, 9.17) is 5.73 Å². The van der Waals surface area contributed by atoms with Crippen molar-refractivity contribution in [3.05, 3.63) is 0 Å². The van der Waals surface area contributed by atoms with Gasteiger partial charge in [0.2, 0.25) is 5.91 Å². The summed E-state index contributed by atoms with van der Waals surface area (Å²) in [5, 5.41) is 0. The molecule has 2 N–H and O–H groups in total. The van der Waals surface area contributed by atoms with Crippen molar-refractivity contribution >= 4 is 5.91 Å². The Hall–Kier alpha value is -0.570. The number of hydrogen-bond acceptors (Lipinski definition) is 2. The van der Waals surface area contributed by atoms with E-state index in [2.05, 4.69) is 11.8 Å². The zero-order chi connectivity index (χ0) is 12.3. The second-order valence-corrected chi connectivity index (χ2v) is 5.91. The number of carbonyl (C=O) groups is 1. The minimum absolute atomic E-state index is 0.280. The molecule has 1 aliphatic carbocycles. The molecule has 3 nitrogen and oxygen atoms in total. The highest BCUT2D eigenvalue weighted by Gasteiger charge is 2.25. The van der Waals surface area contributed by atoms with Crippen LogP contribution in [0.3, 0.4) is 0 Å². The summed E-state index contributed by atoms with van der Waals surface area (Å²) in [4.78, 5) is 14.1. The van der Waals surface area contributed by atoms with Gasteiger partial charge in [0.25, 0.3) is 0 Å². The molecule has 0 bridgehead atoms. The summed E-state index contributed by atoms with van der Waals surface area (Å²) >= 11 is 0. The van der Waals surface area contributed by atoms with Gasteiger partial charge in [-0.05, 0) is 38.0 Å². The lowest BCUT2D eigenvalue weighted by molar-refractivity contribution is -0.133. The summed E-state index contributed by atoms with van der Waals surface area (Å²) in [6.45, 7) is 3.93. The van der Waals surface area contributed by atoms with Crippen molar-refractivity contribution in [3.63, 3.8) is 0 Å². The largest absolute Gasteiger partial charge is 0.343 e. The van der Waals surface area contributed by atoms with Crippen LogP contribution in [0, 0.1) is 11.8 Å². The van der Waals surface area contributed by atoms with Crippen LogP contribution in [0.4, 0.5) is 0 Å². The number of hydrogen-bond donors (Lipinski definition) is 1. The molecule has 2 aliphatic rings. The molecular formula is C14H26N2O. The Morgan fingerprint density at radius 1 is 1.29 bits per heavy atom. The summed E-state index contributed by atoms with van der Waals surface area (Å²) in [6.07, 6.45) is 8.14. The highest BCUT2D eigenvalue weighted by molar-refractivity contribution is 5.76. The Morgan fingerprint density at radius 2 is 1.94 bits per heavy atom. The molecule has 1 saturated heterocycles. The first-order valence-electron chi connectivity index (χ1n) is 7.20. The molecule has 2 rings (SSSR count). The van der Waals surface area contributed by atoms with Crippen LogP contribution in [-0.2, 0) is 4.79 Å². The molecule has 1 heterocycles. The molecule has 0 aromatic heterocycles. The zero-order valence-corrected chi connectivity index (χ0v) is 11.0. The topological polar surface area (TPSA) is 46.3 Å². The third kappa shape index (κ3) is 3.44. The number of rotatable bonds is 4. The summed E-state index contributed by atoms with van der Waals surface area (Å²) < 4.78 is 0. The van der Waals surface area contributed by atoms with Crippen molar-refractivity contribution < 1.29 is 4.79 Å². The zero-order valence-electron chi connectivity index (χ0n) is 11.0. The minimum atomic E-state index is 0.280. The molecule has 1 saturated carbocycles. The van der Waals surface area contributed by atoms with E-state index in [0.717, 1.165) is 44.7 Å². The molecule has 1 aliphatic heterocycles. The molecule has 0 aromatic carbocycles. The molecule has 1 atom stereocenters. The van der Waals surface area contributed by atoms with E-state index in [1.807, 2.05) is 0 Å². The first-order valence-corrected chi connectivity index (χ1v) is 7.20. The van der Waals surface area contributed by atoms with E-state index < -0.39 is 0 Å². The number of nitrogens with two attached hydrogens (primary N) is 1. The molecule has 0 spiro atoms. The third-order valence-corrected chi connectivity index (χ3v) is 4.63. The number of carbonyl (C=O) groups excluding carboxylic acids is 1. The van der Waals surface area contributed by atoms with Crippen molar-refractivity contribution in [2.24, 2.45) is 17.6 Å². The fourth-order valence-electron chi connectivity index (χ4n) is 2.94. The molecule has 0 radical (unpaired) electrons. The smallest absolute Gasteiger partial charge is 0.222 e. The van der Waals surface area contributed by atoms with Gasteiger partial charge >= 0.3 is 0 Å². The number of piperidine rings is 1. The van der Waals surface area contributed by atoms with Crippen molar-refractivity contribution in [2.75, 3.05) is 13.1 Å². The van der Waals surface area contributed by atoms with Gasteiger partial charge in [-0.15, -0.1) is 0 Å². The first-order chi connectivity index (χ1) is 8.16. The van der Waals surface area contributed by atoms with Gasteiger partial charge in [0.1, 0.15) is 0 Å². The Kier molecular flexibility index (Phi) is 4.43. The maximum atomic E-state index is 12.0. The van der Waals surface area contributed by atoms with Crippen LogP contribution in [0.15, 0.2) is 0 Å². The van der Waals surface area contributed by atoms with Gasteiger partial charge in [-0.3, -0.25) is 4.79 Å². The SMILES string of the molecule is CC(N)C1CCN(C(=O)CCC2CCC2)CC1. The van der Waals surface area contributed by atoms with Crippen LogP contribution in [0.1, 0.15) is 51.9 Å². The minimum Gasteiger partial charge on any atom is -0.343 e. The lowest BCUT2D eigenvalue weighted by Crippen LogP contribution is -2.42. The second kappa shape index (κ2) is 5.85. The molecule has 1 amide bonds. The van der Waals surface area contributed by atoms with Gasteiger partial charge in [0.05, 0.1) is 0 Å². The molecule has 98 valence electrons. The predicted molar refractivity (Wildman–Crippen MR) is 69.5 cm³/mol. The van der Waals surface area contributed by atoms with Crippen LogP contribution in [0.5, 0.6) is 0 Å². The lowest BCUT2D eigenvalue weighted by Gasteiger charge is -2.34. The average molecular weight is 238 g/mol. The average Bonchev–Trinajstić information content (AvgIpc) is 2.27. The van der Waals surface area contributed by atoms with Crippen molar-refractivity contribution in [1.82, 2.24) is 4.90 Å². The van der Waals surface area contributed by atoms with E-state index in [0.29, 0.717) is 11.8 Å². The van der Waals surface area contributed by atoms with E-state index in [9.17, 15) is 4.79 Å². The van der Waals surface area contributed by atoms with Crippen LogP contribution >= 0.6 is 0 Å². The summed E-state index contributed by atoms with van der Waals surface area (Å²) in [6, 6.07) is 0.280. The third-order valence-electron chi connectivity index (χ3n) is 4.63. The predicted octanol–water partition coefficient (Wildman–Crippen LogP) is 2.15. The molecule has 3 heteroatoms. The van der Waals surface area contributed by atoms with Gasteiger partial charge in [-0.1, -0.05) is 19.3 Å². The number of amides is 1. The standard InChI is InChI=1S/C14H26N2O/c1-11(15)13-7-9-16(10-8-13)14(17)6-5-12-3-2-4-12/h11-13H,2-10,15H2,1H3. The van der Waals surface area contributed by atoms with Gasteiger partial charge in [-0.25, -0.2) is 0 Å². The van der Waals surface area contributed by atoms with E-state index in [-0.39, 0.29) is 6.04 Å². The van der Waals surface area contributed by atoms with Crippen molar-refractivity contribution in [3.8, 4) is 0 Å². The van der Waals surface area contributed by atoms with Gasteiger partial charge in [0, 0.05) is 25.6 Å². The second-order valence-electron chi connectivity index (χ2n) is 5.91. The van der Waals surface area contributed by atoms with Gasteiger partial charge in [0.15, 0.2) is 0 Å². The van der Waals surface area contributed by atoms with Crippen LogP contribution in [0.25, 0.3) is 0 Å². The summed E-state index contributed by atoms with van der Waals surface area (Å²) in [5.74, 6) is 1.84. The Morgan fingerprint density at radius 3 is 2.41 bits per heavy atom. The lowest BCUT2D eigenvalue weighted by atomic mass is 9.82. The van der Waals surface area contributed by atoms with E-state index >= 15 is 0 Å². The maximum Gasteiger partial charge on any atom is 0.222 e. The van der Waals surface area contributed by atoms with E-state index in [1.54, 1.807) is 0 Å². The van der Waals surface area contributed by atoms with Crippen molar-refractivity contribution in [2.45, 2.75) is 57.9 Å². The van der Waals surface area contributed by atoms with Crippen LogP contribution < -0.4 is 5.73 Å². The summed E-state index contributed by atoms with van der Waals surface area (Å²) in [7, 11) is 0. The molecule has 2 fully saturated rings. The Bertz CT molecular complexity index is 253. The van der Waals surface area contributed by atoms with Crippen LogP contribution in [0.2, 0.25) is 0 Å². The maximum absolute atomic E-state index is 12.0. The fraction of sp³-hybridized carbons (Fsp3) is 0.929.